The highest BCUT2D eigenvalue weighted by molar-refractivity contribution is 5.78. The van der Waals surface area contributed by atoms with Crippen LogP contribution >= 0.6 is 0 Å². The molecule has 1 unspecified atom stereocenters. The maximum absolute atomic E-state index is 12.1. The van der Waals surface area contributed by atoms with Crippen LogP contribution in [-0.2, 0) is 20.7 Å². The Balaban J connectivity index is 1.72. The van der Waals surface area contributed by atoms with Gasteiger partial charge in [-0.1, -0.05) is 6.07 Å². The van der Waals surface area contributed by atoms with Crippen LogP contribution in [0.25, 0.3) is 0 Å². The van der Waals surface area contributed by atoms with E-state index in [1.165, 1.54) is 6.92 Å². The van der Waals surface area contributed by atoms with Crippen LogP contribution in [0, 0.1) is 0 Å². The van der Waals surface area contributed by atoms with Crippen molar-refractivity contribution < 1.29 is 23.8 Å². The van der Waals surface area contributed by atoms with Crippen LogP contribution in [-0.4, -0.2) is 63.3 Å². The average Bonchev–Trinajstić information content (AvgIpc) is 3.17. The summed E-state index contributed by atoms with van der Waals surface area (Å²) in [7, 11) is 3.20. The van der Waals surface area contributed by atoms with Gasteiger partial charge in [-0.2, -0.15) is 0 Å². The number of hydrogen-bond acceptors (Lipinski definition) is 5. The molecule has 0 radical (unpaired) electrons. The summed E-state index contributed by atoms with van der Waals surface area (Å²) in [6.45, 7) is 3.79. The SMILES string of the molecule is COc1ccc(CCNC(=O)CCN(CC2CCCO2)C(C)=O)cc1OC. The third kappa shape index (κ3) is 6.75. The summed E-state index contributed by atoms with van der Waals surface area (Å²) in [6, 6.07) is 5.71. The monoisotopic (exact) mass is 378 g/mol. The van der Waals surface area contributed by atoms with E-state index in [0.717, 1.165) is 25.0 Å². The molecule has 2 rings (SSSR count). The molecule has 7 nitrogen and oxygen atoms in total. The first kappa shape index (κ1) is 21.0. The number of nitrogens with zero attached hydrogens (tertiary/aromatic N) is 1. The Morgan fingerprint density at radius 1 is 1.26 bits per heavy atom. The minimum absolute atomic E-state index is 0.0244. The molecule has 1 fully saturated rings. The van der Waals surface area contributed by atoms with Gasteiger partial charge in [0, 0.05) is 39.6 Å². The molecule has 1 saturated heterocycles. The zero-order chi connectivity index (χ0) is 19.6. The molecule has 1 aromatic rings. The van der Waals surface area contributed by atoms with Crippen LogP contribution in [0.5, 0.6) is 11.5 Å². The molecule has 0 aliphatic carbocycles. The van der Waals surface area contributed by atoms with Gasteiger partial charge in [0.05, 0.1) is 20.3 Å². The van der Waals surface area contributed by atoms with E-state index in [9.17, 15) is 9.59 Å². The number of hydrogen-bond donors (Lipinski definition) is 1. The lowest BCUT2D eigenvalue weighted by molar-refractivity contribution is -0.131. The molecule has 1 atom stereocenters. The van der Waals surface area contributed by atoms with Crippen molar-refractivity contribution in [1.29, 1.82) is 0 Å². The molecule has 0 aromatic heterocycles. The van der Waals surface area contributed by atoms with E-state index in [1.54, 1.807) is 19.1 Å². The summed E-state index contributed by atoms with van der Waals surface area (Å²) in [4.78, 5) is 25.6. The number of nitrogens with one attached hydrogen (secondary N) is 1. The Morgan fingerprint density at radius 3 is 2.67 bits per heavy atom. The minimum Gasteiger partial charge on any atom is -0.493 e. The summed E-state index contributed by atoms with van der Waals surface area (Å²) in [5.41, 5.74) is 1.05. The lowest BCUT2D eigenvalue weighted by Gasteiger charge is -2.23. The molecule has 1 N–H and O–H groups in total. The summed E-state index contributed by atoms with van der Waals surface area (Å²) < 4.78 is 16.1. The summed E-state index contributed by atoms with van der Waals surface area (Å²) in [5, 5.41) is 2.90. The fraction of sp³-hybridized carbons (Fsp3) is 0.600. The van der Waals surface area contributed by atoms with E-state index in [2.05, 4.69) is 5.32 Å². The Morgan fingerprint density at radius 2 is 2.04 bits per heavy atom. The maximum atomic E-state index is 12.1. The molecule has 0 bridgehead atoms. The summed E-state index contributed by atoms with van der Waals surface area (Å²) in [5.74, 6) is 1.27. The number of amides is 2. The van der Waals surface area contributed by atoms with Gasteiger partial charge in [-0.3, -0.25) is 9.59 Å². The molecule has 1 aromatic carbocycles. The van der Waals surface area contributed by atoms with Gasteiger partial charge in [-0.25, -0.2) is 0 Å². The van der Waals surface area contributed by atoms with Gasteiger partial charge in [-0.15, -0.1) is 0 Å². The zero-order valence-corrected chi connectivity index (χ0v) is 16.5. The number of carbonyl (C=O) groups excluding carboxylic acids is 2. The van der Waals surface area contributed by atoms with Crippen molar-refractivity contribution in [2.45, 2.75) is 38.7 Å². The molecule has 1 aliphatic heterocycles. The van der Waals surface area contributed by atoms with Crippen LogP contribution in [0.15, 0.2) is 18.2 Å². The first-order chi connectivity index (χ1) is 13.0. The first-order valence-electron chi connectivity index (χ1n) is 9.38. The van der Waals surface area contributed by atoms with Crippen molar-refractivity contribution in [2.75, 3.05) is 40.5 Å². The van der Waals surface area contributed by atoms with Crippen molar-refractivity contribution in [3.63, 3.8) is 0 Å². The lowest BCUT2D eigenvalue weighted by Crippen LogP contribution is -2.38. The normalized spacial score (nSPS) is 16.0. The Hall–Kier alpha value is -2.28. The molecule has 2 amide bonds. The second-order valence-corrected chi connectivity index (χ2v) is 6.64. The first-order valence-corrected chi connectivity index (χ1v) is 9.38. The van der Waals surface area contributed by atoms with E-state index in [0.29, 0.717) is 37.6 Å². The second-order valence-electron chi connectivity index (χ2n) is 6.64. The van der Waals surface area contributed by atoms with Gasteiger partial charge in [0.2, 0.25) is 11.8 Å². The summed E-state index contributed by atoms with van der Waals surface area (Å²) in [6.07, 6.45) is 3.09. The van der Waals surface area contributed by atoms with Crippen molar-refractivity contribution in [3.05, 3.63) is 23.8 Å². The van der Waals surface area contributed by atoms with Crippen LogP contribution in [0.4, 0.5) is 0 Å². The molecule has 0 saturated carbocycles. The number of rotatable bonds is 10. The molecule has 1 aliphatic rings. The molecular formula is C20H30N2O5. The summed E-state index contributed by atoms with van der Waals surface area (Å²) >= 11 is 0. The molecule has 1 heterocycles. The predicted octanol–water partition coefficient (Wildman–Crippen LogP) is 1.78. The number of methoxy groups -OCH3 is 2. The fourth-order valence-corrected chi connectivity index (χ4v) is 3.12. The Kier molecular flexibility index (Phi) is 8.39. The van der Waals surface area contributed by atoms with Crippen molar-refractivity contribution in [1.82, 2.24) is 10.2 Å². The van der Waals surface area contributed by atoms with Crippen molar-refractivity contribution in [2.24, 2.45) is 0 Å². The van der Waals surface area contributed by atoms with Gasteiger partial charge in [0.1, 0.15) is 0 Å². The second kappa shape index (κ2) is 10.8. The zero-order valence-electron chi connectivity index (χ0n) is 16.5. The Labute approximate surface area is 161 Å². The number of carbonyl (C=O) groups is 2. The van der Waals surface area contributed by atoms with E-state index < -0.39 is 0 Å². The highest BCUT2D eigenvalue weighted by Crippen LogP contribution is 2.27. The lowest BCUT2D eigenvalue weighted by atomic mass is 10.1. The molecule has 150 valence electrons. The van der Waals surface area contributed by atoms with Gasteiger partial charge in [0.25, 0.3) is 0 Å². The maximum Gasteiger partial charge on any atom is 0.221 e. The van der Waals surface area contributed by atoms with E-state index in [4.69, 9.17) is 14.2 Å². The highest BCUT2D eigenvalue weighted by Gasteiger charge is 2.21. The Bertz CT molecular complexity index is 629. The van der Waals surface area contributed by atoms with E-state index in [1.807, 2.05) is 18.2 Å². The molecule has 0 spiro atoms. The quantitative estimate of drug-likeness (QED) is 0.672. The van der Waals surface area contributed by atoms with Crippen LogP contribution in [0.1, 0.15) is 31.7 Å². The van der Waals surface area contributed by atoms with Crippen LogP contribution in [0.2, 0.25) is 0 Å². The van der Waals surface area contributed by atoms with E-state index >= 15 is 0 Å². The smallest absolute Gasteiger partial charge is 0.221 e. The molecular weight excluding hydrogens is 348 g/mol. The van der Waals surface area contributed by atoms with Gasteiger partial charge >= 0.3 is 0 Å². The van der Waals surface area contributed by atoms with Crippen molar-refractivity contribution in [3.8, 4) is 11.5 Å². The van der Waals surface area contributed by atoms with Crippen LogP contribution in [0.3, 0.4) is 0 Å². The van der Waals surface area contributed by atoms with Gasteiger partial charge in [0.15, 0.2) is 11.5 Å². The standard InChI is InChI=1S/C20H30N2O5/c1-15(23)22(14-17-5-4-12-27-17)11-9-20(24)21-10-8-16-6-7-18(25-2)19(13-16)26-3/h6-7,13,17H,4-5,8-12,14H2,1-3H3,(H,21,24). The van der Waals surface area contributed by atoms with Crippen molar-refractivity contribution >= 4 is 11.8 Å². The van der Waals surface area contributed by atoms with Crippen LogP contribution < -0.4 is 14.8 Å². The molecule has 27 heavy (non-hydrogen) atoms. The number of benzene rings is 1. The topological polar surface area (TPSA) is 77.1 Å². The minimum atomic E-state index is -0.0610. The highest BCUT2D eigenvalue weighted by atomic mass is 16.5. The van der Waals surface area contributed by atoms with E-state index in [-0.39, 0.29) is 24.3 Å². The third-order valence-electron chi connectivity index (χ3n) is 4.69. The molecule has 7 heteroatoms. The predicted molar refractivity (Wildman–Crippen MR) is 102 cm³/mol. The average molecular weight is 378 g/mol. The van der Waals surface area contributed by atoms with Gasteiger partial charge < -0.3 is 24.4 Å². The fourth-order valence-electron chi connectivity index (χ4n) is 3.12. The van der Waals surface area contributed by atoms with Gasteiger partial charge in [-0.05, 0) is 37.0 Å². The largest absolute Gasteiger partial charge is 0.493 e. The number of ether oxygens (including phenoxy) is 3. The third-order valence-corrected chi connectivity index (χ3v) is 4.69.